The van der Waals surface area contributed by atoms with Crippen LogP contribution in [0.2, 0.25) is 0 Å². The number of carbonyl (C=O) groups excluding carboxylic acids is 2. The molecule has 2 saturated heterocycles. The van der Waals surface area contributed by atoms with E-state index in [-0.39, 0.29) is 17.9 Å². The van der Waals surface area contributed by atoms with Gasteiger partial charge in [0.1, 0.15) is 5.60 Å². The quantitative estimate of drug-likeness (QED) is 0.841. The van der Waals surface area contributed by atoms with E-state index in [1.807, 2.05) is 54.6 Å². The van der Waals surface area contributed by atoms with Crippen LogP contribution in [0.25, 0.3) is 0 Å². The van der Waals surface area contributed by atoms with E-state index < -0.39 is 17.4 Å². The summed E-state index contributed by atoms with van der Waals surface area (Å²) in [5.74, 6) is -1.17. The van der Waals surface area contributed by atoms with Gasteiger partial charge in [0.2, 0.25) is 11.8 Å². The van der Waals surface area contributed by atoms with E-state index in [0.717, 1.165) is 11.3 Å². The first-order valence-electron chi connectivity index (χ1n) is 9.08. The summed E-state index contributed by atoms with van der Waals surface area (Å²) in [5, 5.41) is 2.96. The Labute approximate surface area is 156 Å². The number of rotatable bonds is 4. The molecule has 4 heterocycles. The lowest BCUT2D eigenvalue weighted by Gasteiger charge is -2.23. The average Bonchev–Trinajstić information content (AvgIpc) is 3.36. The molecule has 136 valence electrons. The highest BCUT2D eigenvalue weighted by molar-refractivity contribution is 6.03. The molecule has 2 aromatic rings. The van der Waals surface area contributed by atoms with Gasteiger partial charge in [-0.1, -0.05) is 30.4 Å². The largest absolute Gasteiger partial charge is 0.360 e. The lowest BCUT2D eigenvalue weighted by Crippen LogP contribution is -2.43. The highest BCUT2D eigenvalue weighted by Crippen LogP contribution is 2.52. The van der Waals surface area contributed by atoms with Crippen LogP contribution in [-0.4, -0.2) is 35.0 Å². The van der Waals surface area contributed by atoms with Gasteiger partial charge in [0.25, 0.3) is 0 Å². The second-order valence-electron chi connectivity index (χ2n) is 7.23. The van der Waals surface area contributed by atoms with E-state index in [0.29, 0.717) is 13.1 Å². The number of fused-ring (bicyclic) bond motifs is 1. The number of nitrogens with zero attached hydrogens (tertiary/aromatic N) is 2. The summed E-state index contributed by atoms with van der Waals surface area (Å²) in [4.78, 5) is 31.8. The van der Waals surface area contributed by atoms with Crippen LogP contribution < -0.4 is 10.2 Å². The Balaban J connectivity index is 1.38. The molecule has 0 aliphatic carbocycles. The molecule has 2 fully saturated rings. The number of benzene rings is 1. The second-order valence-corrected chi connectivity index (χ2v) is 7.23. The first-order chi connectivity index (χ1) is 13.2. The number of amides is 2. The number of carbonyl (C=O) groups is 2. The van der Waals surface area contributed by atoms with Crippen molar-refractivity contribution in [3.05, 3.63) is 72.6 Å². The predicted octanol–water partition coefficient (Wildman–Crippen LogP) is 1.68. The van der Waals surface area contributed by atoms with Gasteiger partial charge in [-0.2, -0.15) is 0 Å². The molecule has 0 radical (unpaired) electrons. The third-order valence-corrected chi connectivity index (χ3v) is 5.69. The van der Waals surface area contributed by atoms with Crippen molar-refractivity contribution in [2.45, 2.75) is 18.2 Å². The molecular weight excluding hydrogens is 342 g/mol. The van der Waals surface area contributed by atoms with E-state index in [2.05, 4.69) is 10.3 Å². The fourth-order valence-corrected chi connectivity index (χ4v) is 4.43. The number of aromatic nitrogens is 1. The summed E-state index contributed by atoms with van der Waals surface area (Å²) >= 11 is 0. The second kappa shape index (κ2) is 6.03. The van der Waals surface area contributed by atoms with E-state index in [1.165, 1.54) is 0 Å². The molecule has 3 aliphatic heterocycles. The number of ether oxygens (including phenoxy) is 1. The Morgan fingerprint density at radius 2 is 2.00 bits per heavy atom. The lowest BCUT2D eigenvalue weighted by atomic mass is 9.77. The Kier molecular flexibility index (Phi) is 3.62. The van der Waals surface area contributed by atoms with Crippen molar-refractivity contribution in [2.75, 3.05) is 11.4 Å². The van der Waals surface area contributed by atoms with Crippen molar-refractivity contribution >= 4 is 17.5 Å². The molecule has 2 amide bonds. The summed E-state index contributed by atoms with van der Waals surface area (Å²) in [6.45, 7) is 0.853. The van der Waals surface area contributed by atoms with E-state index in [4.69, 9.17) is 4.74 Å². The molecule has 27 heavy (non-hydrogen) atoms. The van der Waals surface area contributed by atoms with Gasteiger partial charge in [-0.25, -0.2) is 0 Å². The molecule has 4 atom stereocenters. The highest BCUT2D eigenvalue weighted by atomic mass is 16.5. The smallest absolute Gasteiger partial charge is 0.234 e. The zero-order chi connectivity index (χ0) is 18.4. The number of anilines is 1. The Morgan fingerprint density at radius 1 is 1.22 bits per heavy atom. The van der Waals surface area contributed by atoms with Crippen LogP contribution in [0.1, 0.15) is 5.56 Å². The topological polar surface area (TPSA) is 71.5 Å². The van der Waals surface area contributed by atoms with Crippen molar-refractivity contribution in [3.8, 4) is 0 Å². The van der Waals surface area contributed by atoms with Gasteiger partial charge >= 0.3 is 0 Å². The SMILES string of the molecule is O=C(NCc1ccncc1)[C@H]1[C@H]2C=C[C@@]3(CN(c4ccccc4)C(=O)[C@@H]13)O2. The van der Waals surface area contributed by atoms with E-state index in [9.17, 15) is 9.59 Å². The molecule has 0 unspecified atom stereocenters. The summed E-state index contributed by atoms with van der Waals surface area (Å²) in [6, 6.07) is 13.3. The van der Waals surface area contributed by atoms with Gasteiger partial charge < -0.3 is 15.0 Å². The number of para-hydroxylation sites is 1. The van der Waals surface area contributed by atoms with Gasteiger partial charge in [0.05, 0.1) is 24.5 Å². The van der Waals surface area contributed by atoms with Crippen LogP contribution in [0, 0.1) is 11.8 Å². The molecule has 1 N–H and O–H groups in total. The number of nitrogens with one attached hydrogen (secondary N) is 1. The van der Waals surface area contributed by atoms with Crippen molar-refractivity contribution in [2.24, 2.45) is 11.8 Å². The van der Waals surface area contributed by atoms with Gasteiger partial charge in [0.15, 0.2) is 0 Å². The normalized spacial score (nSPS) is 30.6. The molecule has 6 heteroatoms. The van der Waals surface area contributed by atoms with Crippen molar-refractivity contribution in [1.29, 1.82) is 0 Å². The fraction of sp³-hybridized carbons (Fsp3) is 0.286. The zero-order valence-corrected chi connectivity index (χ0v) is 14.6. The van der Waals surface area contributed by atoms with Crippen LogP contribution in [0.15, 0.2) is 67.0 Å². The Morgan fingerprint density at radius 3 is 2.78 bits per heavy atom. The summed E-state index contributed by atoms with van der Waals surface area (Å²) < 4.78 is 6.15. The third kappa shape index (κ3) is 2.48. The minimum absolute atomic E-state index is 0.0443. The maximum absolute atomic E-state index is 13.2. The van der Waals surface area contributed by atoms with Gasteiger partial charge in [-0.3, -0.25) is 14.6 Å². The lowest BCUT2D eigenvalue weighted by molar-refractivity contribution is -0.132. The average molecular weight is 361 g/mol. The molecule has 3 aliphatic rings. The fourth-order valence-electron chi connectivity index (χ4n) is 4.43. The first kappa shape index (κ1) is 16.2. The van der Waals surface area contributed by atoms with Gasteiger partial charge in [-0.05, 0) is 29.8 Å². The third-order valence-electron chi connectivity index (χ3n) is 5.69. The maximum Gasteiger partial charge on any atom is 0.234 e. The standard InChI is InChI=1S/C21H19N3O3/c25-19(23-12-14-7-10-22-11-8-14)17-16-6-9-21(27-16)13-24(20(26)18(17)21)15-4-2-1-3-5-15/h1-11,16-18H,12-13H2,(H,23,25)/t16-,17+,18-,21+/m1/s1. The molecule has 6 nitrogen and oxygen atoms in total. The van der Waals surface area contributed by atoms with E-state index >= 15 is 0 Å². The number of pyridine rings is 1. The van der Waals surface area contributed by atoms with Crippen LogP contribution in [0.5, 0.6) is 0 Å². The number of hydrogen-bond donors (Lipinski definition) is 1. The molecule has 1 spiro atoms. The Bertz CT molecular complexity index is 915. The minimum atomic E-state index is -0.698. The van der Waals surface area contributed by atoms with Crippen LogP contribution in [0.4, 0.5) is 5.69 Å². The Hall–Kier alpha value is -2.99. The van der Waals surface area contributed by atoms with Crippen LogP contribution >= 0.6 is 0 Å². The van der Waals surface area contributed by atoms with Crippen molar-refractivity contribution in [1.82, 2.24) is 10.3 Å². The predicted molar refractivity (Wildman–Crippen MR) is 98.6 cm³/mol. The van der Waals surface area contributed by atoms with Crippen molar-refractivity contribution < 1.29 is 14.3 Å². The molecule has 5 rings (SSSR count). The summed E-state index contributed by atoms with van der Waals surface area (Å²) in [5.41, 5.74) is 1.11. The molecule has 1 aromatic heterocycles. The molecule has 2 bridgehead atoms. The molecule has 1 aromatic carbocycles. The molecule has 0 saturated carbocycles. The van der Waals surface area contributed by atoms with Crippen molar-refractivity contribution in [3.63, 3.8) is 0 Å². The minimum Gasteiger partial charge on any atom is -0.360 e. The summed E-state index contributed by atoms with van der Waals surface area (Å²) in [7, 11) is 0. The first-order valence-corrected chi connectivity index (χ1v) is 9.08. The van der Waals surface area contributed by atoms with Crippen LogP contribution in [0.3, 0.4) is 0 Å². The zero-order valence-electron chi connectivity index (χ0n) is 14.6. The monoisotopic (exact) mass is 361 g/mol. The highest BCUT2D eigenvalue weighted by Gasteiger charge is 2.66. The number of hydrogen-bond acceptors (Lipinski definition) is 4. The summed E-state index contributed by atoms with van der Waals surface area (Å²) in [6.07, 6.45) is 6.94. The maximum atomic E-state index is 13.2. The van der Waals surface area contributed by atoms with Crippen LogP contribution in [-0.2, 0) is 20.9 Å². The van der Waals surface area contributed by atoms with Gasteiger partial charge in [0, 0.05) is 24.6 Å². The van der Waals surface area contributed by atoms with Gasteiger partial charge in [-0.15, -0.1) is 0 Å². The van der Waals surface area contributed by atoms with E-state index in [1.54, 1.807) is 17.3 Å². The molecular formula is C21H19N3O3.